The van der Waals surface area contributed by atoms with E-state index in [2.05, 4.69) is 9.97 Å². The SMILES string of the molecule is CCOC(=O)c1c(-c2ccc(O)cc2)nc(=O)[nH]c1C. The Labute approximate surface area is 115 Å². The lowest BCUT2D eigenvalue weighted by Crippen LogP contribution is -2.19. The van der Waals surface area contributed by atoms with Crippen LogP contribution in [0.5, 0.6) is 5.75 Å². The maximum atomic E-state index is 12.0. The van der Waals surface area contributed by atoms with Crippen molar-refractivity contribution >= 4 is 5.97 Å². The number of aryl methyl sites for hydroxylation is 1. The molecule has 6 nitrogen and oxygen atoms in total. The van der Waals surface area contributed by atoms with Crippen LogP contribution in [0.2, 0.25) is 0 Å². The molecule has 0 fully saturated rings. The van der Waals surface area contributed by atoms with E-state index in [1.165, 1.54) is 12.1 Å². The van der Waals surface area contributed by atoms with E-state index in [1.54, 1.807) is 26.0 Å². The molecule has 2 N–H and O–H groups in total. The number of rotatable bonds is 3. The van der Waals surface area contributed by atoms with E-state index in [-0.39, 0.29) is 23.6 Å². The summed E-state index contributed by atoms with van der Waals surface area (Å²) in [6.45, 7) is 3.54. The lowest BCUT2D eigenvalue weighted by atomic mass is 10.0. The fourth-order valence-corrected chi connectivity index (χ4v) is 1.87. The van der Waals surface area contributed by atoms with Crippen LogP contribution in [-0.2, 0) is 4.74 Å². The van der Waals surface area contributed by atoms with Gasteiger partial charge in [0, 0.05) is 11.3 Å². The molecular weight excluding hydrogens is 260 g/mol. The minimum absolute atomic E-state index is 0.0907. The van der Waals surface area contributed by atoms with Crippen LogP contribution in [-0.4, -0.2) is 27.7 Å². The summed E-state index contributed by atoms with van der Waals surface area (Å²) in [6, 6.07) is 6.09. The number of aromatic amines is 1. The number of phenolic OH excluding ortho intramolecular Hbond substituents is 1. The molecular formula is C14H14N2O4. The van der Waals surface area contributed by atoms with Gasteiger partial charge in [-0.2, -0.15) is 4.98 Å². The molecule has 0 saturated heterocycles. The van der Waals surface area contributed by atoms with Crippen LogP contribution in [0.3, 0.4) is 0 Å². The smallest absolute Gasteiger partial charge is 0.345 e. The molecule has 2 aromatic rings. The van der Waals surface area contributed by atoms with Crippen molar-refractivity contribution in [3.63, 3.8) is 0 Å². The molecule has 0 saturated carbocycles. The molecule has 6 heteroatoms. The first-order valence-corrected chi connectivity index (χ1v) is 6.10. The Bertz CT molecular complexity index is 689. The normalized spacial score (nSPS) is 10.3. The highest BCUT2D eigenvalue weighted by atomic mass is 16.5. The average Bonchev–Trinajstić information content (AvgIpc) is 2.38. The average molecular weight is 274 g/mol. The van der Waals surface area contributed by atoms with Crippen molar-refractivity contribution < 1.29 is 14.6 Å². The van der Waals surface area contributed by atoms with E-state index in [0.717, 1.165) is 0 Å². The highest BCUT2D eigenvalue weighted by Crippen LogP contribution is 2.24. The molecule has 0 aliphatic carbocycles. The molecule has 0 spiro atoms. The van der Waals surface area contributed by atoms with Crippen molar-refractivity contribution in [2.45, 2.75) is 13.8 Å². The summed E-state index contributed by atoms with van der Waals surface area (Å²) in [6.07, 6.45) is 0. The Kier molecular flexibility index (Phi) is 3.84. The number of nitrogens with zero attached hydrogens (tertiary/aromatic N) is 1. The van der Waals surface area contributed by atoms with Gasteiger partial charge in [-0.3, -0.25) is 0 Å². The van der Waals surface area contributed by atoms with Gasteiger partial charge in [0.1, 0.15) is 11.3 Å². The van der Waals surface area contributed by atoms with Crippen LogP contribution in [0.25, 0.3) is 11.3 Å². The van der Waals surface area contributed by atoms with E-state index in [1.807, 2.05) is 0 Å². The zero-order valence-corrected chi connectivity index (χ0v) is 11.1. The lowest BCUT2D eigenvalue weighted by molar-refractivity contribution is 0.0525. The van der Waals surface area contributed by atoms with Crippen molar-refractivity contribution in [1.82, 2.24) is 9.97 Å². The number of carbonyl (C=O) groups is 1. The molecule has 2 rings (SSSR count). The Morgan fingerprint density at radius 2 is 2.00 bits per heavy atom. The van der Waals surface area contributed by atoms with E-state index in [4.69, 9.17) is 4.74 Å². The number of esters is 1. The molecule has 0 atom stereocenters. The van der Waals surface area contributed by atoms with E-state index in [9.17, 15) is 14.7 Å². The topological polar surface area (TPSA) is 92.3 Å². The number of carbonyl (C=O) groups excluding carboxylic acids is 1. The van der Waals surface area contributed by atoms with Gasteiger partial charge in [0.25, 0.3) is 0 Å². The Morgan fingerprint density at radius 3 is 2.60 bits per heavy atom. The Morgan fingerprint density at radius 1 is 1.35 bits per heavy atom. The number of hydrogen-bond donors (Lipinski definition) is 2. The van der Waals surface area contributed by atoms with Gasteiger partial charge in [-0.1, -0.05) is 0 Å². The van der Waals surface area contributed by atoms with Crippen molar-refractivity contribution in [2.24, 2.45) is 0 Å². The van der Waals surface area contributed by atoms with Gasteiger partial charge in [-0.25, -0.2) is 9.59 Å². The zero-order valence-electron chi connectivity index (χ0n) is 11.1. The summed E-state index contributed by atoms with van der Waals surface area (Å²) in [4.78, 5) is 29.8. The van der Waals surface area contributed by atoms with Crippen molar-refractivity contribution in [3.05, 3.63) is 46.0 Å². The maximum absolute atomic E-state index is 12.0. The van der Waals surface area contributed by atoms with Crippen LogP contribution in [0.1, 0.15) is 23.0 Å². The second-order valence-corrected chi connectivity index (χ2v) is 4.16. The quantitative estimate of drug-likeness (QED) is 0.830. The summed E-state index contributed by atoms with van der Waals surface area (Å²) in [7, 11) is 0. The van der Waals surface area contributed by atoms with Crippen LogP contribution < -0.4 is 5.69 Å². The first-order chi connectivity index (χ1) is 9.52. The van der Waals surface area contributed by atoms with Gasteiger partial charge in [0.2, 0.25) is 0 Å². The molecule has 104 valence electrons. The fraction of sp³-hybridized carbons (Fsp3) is 0.214. The molecule has 0 amide bonds. The second-order valence-electron chi connectivity index (χ2n) is 4.16. The van der Waals surface area contributed by atoms with Crippen LogP contribution in [0.15, 0.2) is 29.1 Å². The molecule has 0 aliphatic rings. The third-order valence-corrected chi connectivity index (χ3v) is 2.74. The van der Waals surface area contributed by atoms with Gasteiger partial charge in [-0.15, -0.1) is 0 Å². The number of H-pyrrole nitrogens is 1. The molecule has 1 heterocycles. The minimum Gasteiger partial charge on any atom is -0.508 e. The standard InChI is InChI=1S/C14H14N2O4/c1-3-20-13(18)11-8(2)15-14(19)16-12(11)9-4-6-10(17)7-5-9/h4-7,17H,3H2,1-2H3,(H,15,16,19). The first kappa shape index (κ1) is 13.8. The Balaban J connectivity index is 2.64. The van der Waals surface area contributed by atoms with Crippen molar-refractivity contribution in [2.75, 3.05) is 6.61 Å². The number of phenols is 1. The number of benzene rings is 1. The molecule has 0 bridgehead atoms. The second kappa shape index (κ2) is 5.56. The molecule has 1 aromatic heterocycles. The fourth-order valence-electron chi connectivity index (χ4n) is 1.87. The largest absolute Gasteiger partial charge is 0.508 e. The molecule has 0 unspecified atom stereocenters. The first-order valence-electron chi connectivity index (χ1n) is 6.10. The number of aromatic hydroxyl groups is 1. The molecule has 0 aliphatic heterocycles. The van der Waals surface area contributed by atoms with Crippen LogP contribution in [0, 0.1) is 6.92 Å². The summed E-state index contributed by atoms with van der Waals surface area (Å²) in [5.74, 6) is -0.454. The van der Waals surface area contributed by atoms with Crippen molar-refractivity contribution in [1.29, 1.82) is 0 Å². The number of ether oxygens (including phenoxy) is 1. The van der Waals surface area contributed by atoms with Crippen LogP contribution >= 0.6 is 0 Å². The van der Waals surface area contributed by atoms with Gasteiger partial charge >= 0.3 is 11.7 Å². The van der Waals surface area contributed by atoms with Gasteiger partial charge in [0.15, 0.2) is 0 Å². The predicted octanol–water partition coefficient (Wildman–Crippen LogP) is 1.63. The van der Waals surface area contributed by atoms with E-state index < -0.39 is 11.7 Å². The maximum Gasteiger partial charge on any atom is 0.345 e. The highest BCUT2D eigenvalue weighted by molar-refractivity contribution is 5.97. The lowest BCUT2D eigenvalue weighted by Gasteiger charge is -2.10. The molecule has 0 radical (unpaired) electrons. The molecule has 20 heavy (non-hydrogen) atoms. The number of aromatic nitrogens is 2. The zero-order chi connectivity index (χ0) is 14.7. The Hall–Kier alpha value is -2.63. The van der Waals surface area contributed by atoms with E-state index in [0.29, 0.717) is 11.3 Å². The third-order valence-electron chi connectivity index (χ3n) is 2.74. The summed E-state index contributed by atoms with van der Waals surface area (Å²) in [5, 5.41) is 9.30. The van der Waals surface area contributed by atoms with Gasteiger partial charge < -0.3 is 14.8 Å². The number of nitrogens with one attached hydrogen (secondary N) is 1. The highest BCUT2D eigenvalue weighted by Gasteiger charge is 2.19. The third kappa shape index (κ3) is 2.69. The number of hydrogen-bond acceptors (Lipinski definition) is 5. The molecule has 1 aromatic carbocycles. The van der Waals surface area contributed by atoms with Crippen molar-refractivity contribution in [3.8, 4) is 17.0 Å². The summed E-state index contributed by atoms with van der Waals surface area (Å²) < 4.78 is 4.98. The summed E-state index contributed by atoms with van der Waals surface area (Å²) in [5.41, 5.74) is 0.868. The summed E-state index contributed by atoms with van der Waals surface area (Å²) >= 11 is 0. The van der Waals surface area contributed by atoms with Crippen LogP contribution in [0.4, 0.5) is 0 Å². The predicted molar refractivity (Wildman–Crippen MR) is 72.7 cm³/mol. The van der Waals surface area contributed by atoms with Gasteiger partial charge in [0.05, 0.1) is 12.3 Å². The minimum atomic E-state index is -0.545. The monoisotopic (exact) mass is 274 g/mol. The van der Waals surface area contributed by atoms with Gasteiger partial charge in [-0.05, 0) is 38.1 Å². The van der Waals surface area contributed by atoms with E-state index >= 15 is 0 Å².